The van der Waals surface area contributed by atoms with E-state index in [1.165, 1.54) is 9.80 Å². The lowest BCUT2D eigenvalue weighted by molar-refractivity contribution is -0.168. The Labute approximate surface area is 449 Å². The highest BCUT2D eigenvalue weighted by molar-refractivity contribution is 5.96. The Morgan fingerprint density at radius 3 is 1.17 bits per heavy atom. The highest BCUT2D eigenvalue weighted by Gasteiger charge is 2.64. The van der Waals surface area contributed by atoms with Gasteiger partial charge in [0.1, 0.15) is 24.2 Å². The molecule has 4 aliphatic carbocycles. The highest BCUT2D eigenvalue weighted by atomic mass is 16.2. The number of likely N-dealkylation sites (tertiary alicyclic amines) is 2. The normalized spacial score (nSPS) is 28.3. The molecular formula is C58H86N10O8. The maximum absolute atomic E-state index is 15.1. The van der Waals surface area contributed by atoms with Crippen molar-refractivity contribution in [1.29, 1.82) is 0 Å². The molecule has 4 saturated carbocycles. The summed E-state index contributed by atoms with van der Waals surface area (Å²) in [6.45, 7) is 18.4. The van der Waals surface area contributed by atoms with Crippen LogP contribution in [0.2, 0.25) is 0 Å². The summed E-state index contributed by atoms with van der Waals surface area (Å²) in [6.07, 6.45) is 3.97. The van der Waals surface area contributed by atoms with Gasteiger partial charge in [-0.3, -0.25) is 38.4 Å². The van der Waals surface area contributed by atoms with Crippen LogP contribution in [0.3, 0.4) is 0 Å². The van der Waals surface area contributed by atoms with Gasteiger partial charge in [0, 0.05) is 25.2 Å². The van der Waals surface area contributed by atoms with Gasteiger partial charge in [-0.2, -0.15) is 0 Å². The highest BCUT2D eigenvalue weighted by Crippen LogP contribution is 2.65. The Morgan fingerprint density at radius 2 is 0.855 bits per heavy atom. The van der Waals surface area contributed by atoms with E-state index >= 15 is 9.59 Å². The van der Waals surface area contributed by atoms with Crippen molar-refractivity contribution in [2.24, 2.45) is 33.5 Å². The summed E-state index contributed by atoms with van der Waals surface area (Å²) >= 11 is 0. The van der Waals surface area contributed by atoms with Crippen molar-refractivity contribution in [3.05, 3.63) is 71.8 Å². The van der Waals surface area contributed by atoms with Crippen molar-refractivity contribution in [1.82, 2.24) is 52.3 Å². The molecule has 416 valence electrons. The first-order valence-corrected chi connectivity index (χ1v) is 27.6. The third-order valence-corrected chi connectivity index (χ3v) is 17.2. The summed E-state index contributed by atoms with van der Waals surface area (Å²) in [5.74, 6) is -2.43. The van der Waals surface area contributed by atoms with Crippen LogP contribution in [0.5, 0.6) is 0 Å². The van der Waals surface area contributed by atoms with Crippen LogP contribution in [0.4, 0.5) is 0 Å². The van der Waals surface area contributed by atoms with Crippen molar-refractivity contribution >= 4 is 47.3 Å². The van der Waals surface area contributed by atoms with Gasteiger partial charge in [-0.1, -0.05) is 102 Å². The molecule has 18 nitrogen and oxygen atoms in total. The fourth-order valence-corrected chi connectivity index (χ4v) is 13.0. The van der Waals surface area contributed by atoms with Crippen molar-refractivity contribution in [3.8, 4) is 0 Å². The smallest absolute Gasteiger partial charge is 0.246 e. The van der Waals surface area contributed by atoms with Crippen molar-refractivity contribution in [2.45, 2.75) is 181 Å². The van der Waals surface area contributed by atoms with Crippen LogP contribution in [0.25, 0.3) is 0 Å². The van der Waals surface area contributed by atoms with Gasteiger partial charge in [0.15, 0.2) is 0 Å². The van der Waals surface area contributed by atoms with Gasteiger partial charge in [-0.05, 0) is 127 Å². The van der Waals surface area contributed by atoms with Gasteiger partial charge >= 0.3 is 0 Å². The molecule has 8 rings (SSSR count). The predicted molar refractivity (Wildman–Crippen MR) is 289 cm³/mol. The fourth-order valence-electron chi connectivity index (χ4n) is 13.0. The largest absolute Gasteiger partial charge is 0.351 e. The molecule has 6 fully saturated rings. The van der Waals surface area contributed by atoms with E-state index in [2.05, 4.69) is 42.5 Å². The molecule has 8 N–H and O–H groups in total. The summed E-state index contributed by atoms with van der Waals surface area (Å²) in [5.41, 5.74) is -1.42. The Bertz CT molecular complexity index is 2300. The molecule has 0 radical (unpaired) electrons. The van der Waals surface area contributed by atoms with Crippen LogP contribution >= 0.6 is 0 Å². The third kappa shape index (κ3) is 12.6. The molecule has 0 spiro atoms. The molecule has 0 unspecified atom stereocenters. The number of hydrogen-bond acceptors (Lipinski definition) is 10. The second-order valence-electron chi connectivity index (χ2n) is 25.3. The van der Waals surface area contributed by atoms with E-state index < -0.39 is 81.8 Å². The van der Waals surface area contributed by atoms with E-state index in [-0.39, 0.29) is 85.3 Å². The van der Waals surface area contributed by atoms with Crippen LogP contribution in [0, 0.1) is 33.5 Å². The van der Waals surface area contributed by atoms with E-state index in [0.717, 1.165) is 17.5 Å². The van der Waals surface area contributed by atoms with Crippen molar-refractivity contribution in [2.75, 3.05) is 27.2 Å². The first-order chi connectivity index (χ1) is 35.7. The monoisotopic (exact) mass is 1050 g/mol. The zero-order valence-electron chi connectivity index (χ0n) is 46.9. The van der Waals surface area contributed by atoms with Gasteiger partial charge < -0.3 is 52.3 Å². The quantitative estimate of drug-likeness (QED) is 0.108. The summed E-state index contributed by atoms with van der Waals surface area (Å²) in [7, 11) is 3.33. The molecule has 4 bridgehead atoms. The van der Waals surface area contributed by atoms with Crippen molar-refractivity contribution in [3.63, 3.8) is 0 Å². The van der Waals surface area contributed by atoms with Gasteiger partial charge in [0.25, 0.3) is 0 Å². The number of carbonyl (C=O) groups excluding carboxylic acids is 8. The Kier molecular flexibility index (Phi) is 17.5. The lowest BCUT2D eigenvalue weighted by atomic mass is 9.43. The number of amides is 8. The zero-order valence-corrected chi connectivity index (χ0v) is 46.9. The van der Waals surface area contributed by atoms with Gasteiger partial charge in [0.05, 0.1) is 35.0 Å². The third-order valence-electron chi connectivity index (χ3n) is 17.2. The predicted octanol–water partition coefficient (Wildman–Crippen LogP) is 3.78. The van der Waals surface area contributed by atoms with Crippen LogP contribution in [-0.4, -0.2) is 133 Å². The zero-order chi connectivity index (χ0) is 55.7. The summed E-state index contributed by atoms with van der Waals surface area (Å²) in [5, 5.41) is 24.6. The molecule has 8 amide bonds. The van der Waals surface area contributed by atoms with E-state index in [1.807, 2.05) is 116 Å². The molecule has 6 aliphatic rings. The number of carbonyl (C=O) groups is 8. The fraction of sp³-hybridized carbons (Fsp3) is 0.655. The number of benzene rings is 2. The summed E-state index contributed by atoms with van der Waals surface area (Å²) < 4.78 is 0. The van der Waals surface area contributed by atoms with E-state index in [9.17, 15) is 28.8 Å². The molecule has 0 aromatic heterocycles. The maximum Gasteiger partial charge on any atom is 0.246 e. The molecule has 2 aromatic rings. The SMILES string of the molecule is CN[C@@H](C)C(=O)N[C@H](C(=O)N1C[C@@H](NC(=O)C23CC4CC(C2)CC(C(=O)N[C@H]2C[C@@H](C(=O)N[C@H](C)c5ccccc5)N(C(=O)[C@@H](NC(=O)[C@H](C)NC)C(C)(C)C)C2)(C4)C3)C[C@H]1C(=O)N[C@H](C)c1ccccc1)C(C)(C)C. The average molecular weight is 1050 g/mol. The van der Waals surface area contributed by atoms with Gasteiger partial charge in [-0.25, -0.2) is 0 Å². The first-order valence-electron chi connectivity index (χ1n) is 27.6. The van der Waals surface area contributed by atoms with Gasteiger partial charge in [0.2, 0.25) is 47.3 Å². The number of nitrogens with one attached hydrogen (secondary N) is 8. The molecule has 2 aliphatic heterocycles. The van der Waals surface area contributed by atoms with E-state index in [1.54, 1.807) is 27.9 Å². The van der Waals surface area contributed by atoms with Crippen LogP contribution < -0.4 is 42.5 Å². The number of likely N-dealkylation sites (N-methyl/N-ethyl adjacent to an activating group) is 2. The van der Waals surface area contributed by atoms with E-state index in [4.69, 9.17) is 0 Å². The number of hydrogen-bond donors (Lipinski definition) is 8. The molecule has 10 atom stereocenters. The first kappa shape index (κ1) is 57.8. The Hall–Kier alpha value is -5.88. The summed E-state index contributed by atoms with van der Waals surface area (Å²) in [4.78, 5) is 118. The molecule has 2 heterocycles. The average Bonchev–Trinajstić information content (AvgIpc) is 4.00. The standard InChI is InChI=1S/C58H86N10O8/c1-33(39-19-15-13-16-20-39)61-49(71)43-24-41(30-67(43)51(73)45(55(5,6)7)65-47(69)35(3)59-11)63-53(75)57-26-37-23-38(27-57)29-58(28-37,32-57)54(76)64-42-25-44(50(72)62-34(2)40-21-17-14-18-22-40)68(31-42)52(74)46(56(8,9)10)66-48(70)36(4)60-12/h13-22,33-38,41-46,59-60H,23-32H2,1-12H3,(H,61,71)(H,62,72)(H,63,75)(H,64,76)(H,65,69)(H,66,70)/t33-,34-,35+,36+,37?,38?,41+,42+,43+,44+,45-,46-,57?,58?/m1/s1. The second kappa shape index (κ2) is 23.0. The lowest BCUT2D eigenvalue weighted by Crippen LogP contribution is -2.63. The Balaban J connectivity index is 1.11. The minimum absolute atomic E-state index is 0.0466. The van der Waals surface area contributed by atoms with Crippen LogP contribution in [-0.2, 0) is 38.4 Å². The van der Waals surface area contributed by atoms with Crippen LogP contribution in [0.1, 0.15) is 144 Å². The van der Waals surface area contributed by atoms with Crippen molar-refractivity contribution < 1.29 is 38.4 Å². The lowest BCUT2D eigenvalue weighted by Gasteiger charge is -2.60. The number of rotatable bonds is 18. The minimum atomic E-state index is -0.978. The second-order valence-corrected chi connectivity index (χ2v) is 25.3. The molecular weight excluding hydrogens is 965 g/mol. The maximum atomic E-state index is 15.1. The number of nitrogens with zero attached hydrogens (tertiary/aromatic N) is 2. The van der Waals surface area contributed by atoms with Gasteiger partial charge in [-0.15, -0.1) is 0 Å². The van der Waals surface area contributed by atoms with Crippen LogP contribution in [0.15, 0.2) is 60.7 Å². The Morgan fingerprint density at radius 1 is 0.513 bits per heavy atom. The molecule has 2 saturated heterocycles. The topological polar surface area (TPSA) is 239 Å². The summed E-state index contributed by atoms with van der Waals surface area (Å²) in [6, 6.07) is 12.1. The minimum Gasteiger partial charge on any atom is -0.351 e. The molecule has 18 heteroatoms. The molecule has 76 heavy (non-hydrogen) atoms. The molecule has 2 aromatic carbocycles. The van der Waals surface area contributed by atoms with E-state index in [0.29, 0.717) is 32.1 Å².